The van der Waals surface area contributed by atoms with Gasteiger partial charge in [-0.15, -0.1) is 0 Å². The molecule has 6 rings (SSSR count). The Morgan fingerprint density at radius 2 is 1.14 bits per heavy atom. The van der Waals surface area contributed by atoms with Crippen molar-refractivity contribution in [3.63, 3.8) is 0 Å². The number of para-hydroxylation sites is 2. The first-order valence-corrected chi connectivity index (χ1v) is 15.8. The number of morpholine rings is 2. The van der Waals surface area contributed by atoms with Crippen molar-refractivity contribution in [1.29, 1.82) is 0 Å². The number of rotatable bonds is 8. The summed E-state index contributed by atoms with van der Waals surface area (Å²) >= 11 is 7.04. The summed E-state index contributed by atoms with van der Waals surface area (Å²) < 4.78 is 25.9. The molecule has 4 atom stereocenters. The van der Waals surface area contributed by atoms with Crippen molar-refractivity contribution in [2.45, 2.75) is 24.4 Å². The second-order valence-electron chi connectivity index (χ2n) is 10.0. The standard InChI is InChI=1S/C17H16BrNO3.C17H18BrNO2/c18-13-8-4-5-9-14(13)22-17(12-6-2-1-3-7-12)15-10-19-16(20)11-21-15;18-14-8-4-5-9-15(14)21-17(13-6-2-1-3-7-13)16-12-19-10-11-20-16/h1-9,15,17H,10-11H2,(H,19,20);1-9,16-17,19H,10-12H2/t15-,17-;16-,17-/m00/s1. The van der Waals surface area contributed by atoms with Crippen LogP contribution >= 0.6 is 31.9 Å². The third-order valence-corrected chi connectivity index (χ3v) is 8.31. The summed E-state index contributed by atoms with van der Waals surface area (Å²) in [5.74, 6) is 1.49. The predicted molar refractivity (Wildman–Crippen MR) is 173 cm³/mol. The van der Waals surface area contributed by atoms with E-state index in [2.05, 4.69) is 54.6 Å². The van der Waals surface area contributed by atoms with Gasteiger partial charge in [-0.1, -0.05) is 84.9 Å². The van der Waals surface area contributed by atoms with Crippen LogP contribution in [0.2, 0.25) is 0 Å². The Kier molecular flexibility index (Phi) is 11.6. The topological polar surface area (TPSA) is 78.1 Å². The lowest BCUT2D eigenvalue weighted by molar-refractivity contribution is -0.137. The molecule has 7 nitrogen and oxygen atoms in total. The molecule has 2 N–H and O–H groups in total. The number of carbonyl (C=O) groups is 1. The van der Waals surface area contributed by atoms with Gasteiger partial charge >= 0.3 is 0 Å². The first-order valence-electron chi connectivity index (χ1n) is 14.2. The van der Waals surface area contributed by atoms with Crippen molar-refractivity contribution in [3.8, 4) is 11.5 Å². The normalized spacial score (nSPS) is 19.6. The van der Waals surface area contributed by atoms with Gasteiger partial charge in [-0.25, -0.2) is 0 Å². The van der Waals surface area contributed by atoms with E-state index in [1.165, 1.54) is 0 Å². The Morgan fingerprint density at radius 3 is 1.58 bits per heavy atom. The minimum absolute atomic E-state index is 0.00764. The van der Waals surface area contributed by atoms with E-state index in [0.29, 0.717) is 13.2 Å². The maximum absolute atomic E-state index is 11.3. The highest BCUT2D eigenvalue weighted by Crippen LogP contribution is 2.33. The molecule has 0 aromatic heterocycles. The molecule has 0 aliphatic carbocycles. The van der Waals surface area contributed by atoms with Gasteiger partial charge in [0.1, 0.15) is 30.3 Å². The zero-order valence-corrected chi connectivity index (χ0v) is 26.7. The number of halogens is 2. The van der Waals surface area contributed by atoms with E-state index in [1.807, 2.05) is 97.1 Å². The third kappa shape index (κ3) is 8.90. The molecule has 2 saturated heterocycles. The van der Waals surface area contributed by atoms with Crippen molar-refractivity contribution in [2.75, 3.05) is 32.8 Å². The summed E-state index contributed by atoms with van der Waals surface area (Å²) in [6, 6.07) is 35.7. The van der Waals surface area contributed by atoms with E-state index in [9.17, 15) is 4.79 Å². The second kappa shape index (κ2) is 16.0. The molecule has 4 aromatic carbocycles. The van der Waals surface area contributed by atoms with Crippen molar-refractivity contribution >= 4 is 37.8 Å². The average molecular weight is 710 g/mol. The van der Waals surface area contributed by atoms with Gasteiger partial charge in [0.2, 0.25) is 5.91 Å². The minimum Gasteiger partial charge on any atom is -0.482 e. The summed E-state index contributed by atoms with van der Waals surface area (Å²) in [6.45, 7) is 2.90. The van der Waals surface area contributed by atoms with Gasteiger partial charge in [-0.2, -0.15) is 0 Å². The molecule has 0 saturated carbocycles. The number of amides is 1. The van der Waals surface area contributed by atoms with Crippen molar-refractivity contribution < 1.29 is 23.7 Å². The van der Waals surface area contributed by atoms with Crippen LogP contribution in [0.1, 0.15) is 23.3 Å². The van der Waals surface area contributed by atoms with Crippen LogP contribution in [0.5, 0.6) is 11.5 Å². The highest BCUT2D eigenvalue weighted by molar-refractivity contribution is 9.10. The Bertz CT molecular complexity index is 1430. The number of hydrogen-bond acceptors (Lipinski definition) is 6. The molecule has 0 radical (unpaired) electrons. The zero-order chi connectivity index (χ0) is 29.9. The molecule has 43 heavy (non-hydrogen) atoms. The Labute approximate surface area is 269 Å². The molecule has 0 unspecified atom stereocenters. The van der Waals surface area contributed by atoms with Crippen molar-refractivity contribution in [2.24, 2.45) is 0 Å². The van der Waals surface area contributed by atoms with E-state index in [0.717, 1.165) is 44.7 Å². The Hall–Kier alpha value is -3.21. The third-order valence-electron chi connectivity index (χ3n) is 7.00. The summed E-state index contributed by atoms with van der Waals surface area (Å²) in [7, 11) is 0. The lowest BCUT2D eigenvalue weighted by Gasteiger charge is -2.31. The van der Waals surface area contributed by atoms with Crippen LogP contribution in [0.15, 0.2) is 118 Å². The van der Waals surface area contributed by atoms with Crippen molar-refractivity contribution in [1.82, 2.24) is 10.6 Å². The second-order valence-corrected chi connectivity index (χ2v) is 11.7. The monoisotopic (exact) mass is 708 g/mol. The predicted octanol–water partition coefficient (Wildman–Crippen LogP) is 6.64. The Balaban J connectivity index is 0.000000171. The fraction of sp³-hybridized carbons (Fsp3) is 0.265. The zero-order valence-electron chi connectivity index (χ0n) is 23.5. The molecule has 9 heteroatoms. The fourth-order valence-electron chi connectivity index (χ4n) is 4.84. The molecular weight excluding hydrogens is 676 g/mol. The fourth-order valence-corrected chi connectivity index (χ4v) is 5.59. The first-order chi connectivity index (χ1) is 21.1. The van der Waals surface area contributed by atoms with E-state index >= 15 is 0 Å². The molecule has 0 spiro atoms. The van der Waals surface area contributed by atoms with Crippen LogP contribution in [0.3, 0.4) is 0 Å². The van der Waals surface area contributed by atoms with Crippen LogP contribution in [-0.4, -0.2) is 51.0 Å². The average Bonchev–Trinajstić information content (AvgIpc) is 3.06. The number of ether oxygens (including phenoxy) is 4. The van der Waals surface area contributed by atoms with E-state index in [1.54, 1.807) is 0 Å². The lowest BCUT2D eigenvalue weighted by atomic mass is 10.0. The highest BCUT2D eigenvalue weighted by atomic mass is 79.9. The number of nitrogens with one attached hydrogen (secondary N) is 2. The quantitative estimate of drug-likeness (QED) is 0.214. The SMILES string of the molecule is Brc1ccccc1O[C@@H](c1ccccc1)[C@@H]1CNCCO1.O=C1CO[C@H]([C@@H](Oc2ccccc2Br)c2ccccc2)CN1. The van der Waals surface area contributed by atoms with Gasteiger partial charge in [-0.05, 0) is 67.3 Å². The molecule has 2 aliphatic heterocycles. The van der Waals surface area contributed by atoms with Gasteiger partial charge < -0.3 is 29.6 Å². The smallest absolute Gasteiger partial charge is 0.246 e. The van der Waals surface area contributed by atoms with Crippen LogP contribution in [0.25, 0.3) is 0 Å². The van der Waals surface area contributed by atoms with Crippen LogP contribution < -0.4 is 20.1 Å². The molecular formula is C34H34Br2N2O5. The van der Waals surface area contributed by atoms with Gasteiger partial charge in [0.25, 0.3) is 0 Å². The number of hydrogen-bond donors (Lipinski definition) is 2. The summed E-state index contributed by atoms with van der Waals surface area (Å²) in [5.41, 5.74) is 2.14. The number of benzene rings is 4. The van der Waals surface area contributed by atoms with E-state index < -0.39 is 0 Å². The maximum atomic E-state index is 11.3. The molecule has 2 fully saturated rings. The molecule has 224 valence electrons. The summed E-state index contributed by atoms with van der Waals surface area (Å²) in [6.07, 6.45) is -0.640. The minimum atomic E-state index is -0.291. The van der Waals surface area contributed by atoms with E-state index in [4.69, 9.17) is 18.9 Å². The van der Waals surface area contributed by atoms with Crippen LogP contribution in [0.4, 0.5) is 0 Å². The molecule has 0 bridgehead atoms. The van der Waals surface area contributed by atoms with Gasteiger partial charge in [-0.3, -0.25) is 4.79 Å². The van der Waals surface area contributed by atoms with Crippen LogP contribution in [0, 0.1) is 0 Å². The molecule has 1 amide bonds. The highest BCUT2D eigenvalue weighted by Gasteiger charge is 2.31. The molecule has 2 heterocycles. The molecule has 4 aromatic rings. The largest absolute Gasteiger partial charge is 0.482 e. The van der Waals surface area contributed by atoms with Crippen LogP contribution in [-0.2, 0) is 14.3 Å². The Morgan fingerprint density at radius 1 is 0.651 bits per heavy atom. The van der Waals surface area contributed by atoms with Gasteiger partial charge in [0, 0.05) is 19.6 Å². The van der Waals surface area contributed by atoms with Gasteiger partial charge in [0.15, 0.2) is 12.2 Å². The summed E-state index contributed by atoms with van der Waals surface area (Å²) in [4.78, 5) is 11.3. The molecule has 2 aliphatic rings. The summed E-state index contributed by atoms with van der Waals surface area (Å²) in [5, 5.41) is 6.20. The van der Waals surface area contributed by atoms with Gasteiger partial charge in [0.05, 0.1) is 15.6 Å². The first kappa shape index (κ1) is 31.2. The number of carbonyl (C=O) groups excluding carboxylic acids is 1. The maximum Gasteiger partial charge on any atom is 0.246 e. The van der Waals surface area contributed by atoms with Crippen molar-refractivity contribution in [3.05, 3.63) is 129 Å². The lowest BCUT2D eigenvalue weighted by Crippen LogP contribution is -2.46. The van der Waals surface area contributed by atoms with E-state index in [-0.39, 0.29) is 36.9 Å².